The van der Waals surface area contributed by atoms with Gasteiger partial charge in [-0.3, -0.25) is 14.5 Å². The summed E-state index contributed by atoms with van der Waals surface area (Å²) in [5, 5.41) is 9.23. The van der Waals surface area contributed by atoms with Gasteiger partial charge < -0.3 is 10.1 Å². The van der Waals surface area contributed by atoms with Gasteiger partial charge in [-0.25, -0.2) is 0 Å². The number of carbonyl (C=O) groups is 1. The molecule has 0 aliphatic rings. The van der Waals surface area contributed by atoms with Crippen LogP contribution in [0.5, 0.6) is 0 Å². The third-order valence-electron chi connectivity index (χ3n) is 1.88. The van der Waals surface area contributed by atoms with E-state index in [1.807, 2.05) is 0 Å². The minimum absolute atomic E-state index is 0.104. The van der Waals surface area contributed by atoms with E-state index in [-0.39, 0.29) is 12.5 Å². The molecular formula is C8H14N4O2S. The molecule has 7 heteroatoms. The van der Waals surface area contributed by atoms with Gasteiger partial charge in [-0.2, -0.15) is 5.10 Å². The molecule has 84 valence electrons. The highest BCUT2D eigenvalue weighted by atomic mass is 32.1. The van der Waals surface area contributed by atoms with Crippen molar-refractivity contribution in [3.63, 3.8) is 0 Å². The van der Waals surface area contributed by atoms with Crippen LogP contribution in [0.4, 0.5) is 0 Å². The van der Waals surface area contributed by atoms with Crippen LogP contribution < -0.4 is 5.32 Å². The molecular weight excluding hydrogens is 216 g/mol. The van der Waals surface area contributed by atoms with Crippen molar-refractivity contribution >= 4 is 18.1 Å². The quantitative estimate of drug-likeness (QED) is 0.552. The molecule has 1 amide bonds. The van der Waals surface area contributed by atoms with E-state index in [0.717, 1.165) is 0 Å². The van der Waals surface area contributed by atoms with Crippen LogP contribution in [-0.4, -0.2) is 40.9 Å². The largest absolute Gasteiger partial charge is 0.383 e. The molecule has 0 radical (unpaired) electrons. The van der Waals surface area contributed by atoms with Crippen LogP contribution in [0.15, 0.2) is 0 Å². The summed E-state index contributed by atoms with van der Waals surface area (Å²) in [4.78, 5) is 11.4. The second kappa shape index (κ2) is 5.62. The van der Waals surface area contributed by atoms with Crippen molar-refractivity contribution in [1.29, 1.82) is 0 Å². The topological polar surface area (TPSA) is 71.9 Å². The monoisotopic (exact) mass is 230 g/mol. The Hall–Kier alpha value is -1.21. The average Bonchev–Trinajstić information content (AvgIpc) is 2.50. The van der Waals surface area contributed by atoms with Gasteiger partial charge >= 0.3 is 0 Å². The van der Waals surface area contributed by atoms with Crippen molar-refractivity contribution in [2.45, 2.75) is 13.5 Å². The van der Waals surface area contributed by atoms with Crippen molar-refractivity contribution in [3.8, 4) is 0 Å². The number of ether oxygens (including phenoxy) is 1. The molecule has 1 aromatic rings. The first-order chi connectivity index (χ1) is 7.15. The number of nitrogens with one attached hydrogen (secondary N) is 2. The Kier molecular flexibility index (Phi) is 4.44. The Morgan fingerprint density at radius 1 is 1.73 bits per heavy atom. The standard InChI is InChI=1S/C8H14N4O2S/c1-6-10-11-8(15)12(6)5-7(13)9-3-4-14-2/h3-5H2,1-2H3,(H,9,13)(H,11,15). The summed E-state index contributed by atoms with van der Waals surface area (Å²) in [5.41, 5.74) is 0. The number of hydrogen-bond donors (Lipinski definition) is 2. The Morgan fingerprint density at radius 3 is 3.00 bits per heavy atom. The normalized spacial score (nSPS) is 10.3. The van der Waals surface area contributed by atoms with E-state index in [9.17, 15) is 4.79 Å². The van der Waals surface area contributed by atoms with Crippen LogP contribution >= 0.6 is 12.2 Å². The minimum Gasteiger partial charge on any atom is -0.383 e. The van der Waals surface area contributed by atoms with E-state index < -0.39 is 0 Å². The zero-order chi connectivity index (χ0) is 11.3. The zero-order valence-electron chi connectivity index (χ0n) is 8.74. The van der Waals surface area contributed by atoms with E-state index >= 15 is 0 Å². The summed E-state index contributed by atoms with van der Waals surface area (Å²) in [7, 11) is 1.59. The first-order valence-electron chi connectivity index (χ1n) is 4.52. The van der Waals surface area contributed by atoms with Crippen molar-refractivity contribution < 1.29 is 9.53 Å². The fourth-order valence-corrected chi connectivity index (χ4v) is 1.32. The molecule has 6 nitrogen and oxygen atoms in total. The van der Waals surface area contributed by atoms with Crippen LogP contribution in [0.2, 0.25) is 0 Å². The predicted molar refractivity (Wildman–Crippen MR) is 57.0 cm³/mol. The maximum absolute atomic E-state index is 11.4. The Bertz CT molecular complexity index is 384. The third kappa shape index (κ3) is 3.45. The van der Waals surface area contributed by atoms with Gasteiger partial charge in [0.05, 0.1) is 6.61 Å². The molecule has 0 aliphatic heterocycles. The SMILES string of the molecule is COCCNC(=O)Cn1c(C)n[nH]c1=S. The number of aromatic nitrogens is 3. The molecule has 0 spiro atoms. The molecule has 0 unspecified atom stereocenters. The molecule has 0 saturated heterocycles. The first-order valence-corrected chi connectivity index (χ1v) is 4.93. The summed E-state index contributed by atoms with van der Waals surface area (Å²) < 4.78 is 6.90. The van der Waals surface area contributed by atoms with Crippen LogP contribution in [-0.2, 0) is 16.1 Å². The van der Waals surface area contributed by atoms with Crippen molar-refractivity contribution in [2.75, 3.05) is 20.3 Å². The highest BCUT2D eigenvalue weighted by Gasteiger charge is 2.06. The molecule has 0 aliphatic carbocycles. The molecule has 2 N–H and O–H groups in total. The lowest BCUT2D eigenvalue weighted by Gasteiger charge is -2.05. The summed E-state index contributed by atoms with van der Waals surface area (Å²) in [5.74, 6) is 0.592. The number of rotatable bonds is 5. The van der Waals surface area contributed by atoms with Gasteiger partial charge in [0, 0.05) is 13.7 Å². The minimum atomic E-state index is -0.104. The highest BCUT2D eigenvalue weighted by Crippen LogP contribution is 1.94. The third-order valence-corrected chi connectivity index (χ3v) is 2.19. The smallest absolute Gasteiger partial charge is 0.240 e. The number of H-pyrrole nitrogens is 1. The maximum atomic E-state index is 11.4. The van der Waals surface area contributed by atoms with Crippen LogP contribution in [0, 0.1) is 11.7 Å². The number of amides is 1. The van der Waals surface area contributed by atoms with Crippen molar-refractivity contribution in [1.82, 2.24) is 20.1 Å². The molecule has 0 bridgehead atoms. The Balaban J connectivity index is 2.48. The van der Waals surface area contributed by atoms with Gasteiger partial charge in [-0.15, -0.1) is 0 Å². The number of hydrogen-bond acceptors (Lipinski definition) is 4. The molecule has 0 saturated carbocycles. The molecule has 0 atom stereocenters. The van der Waals surface area contributed by atoms with Gasteiger partial charge in [-0.1, -0.05) is 0 Å². The number of methoxy groups -OCH3 is 1. The fraction of sp³-hybridized carbons (Fsp3) is 0.625. The van der Waals surface area contributed by atoms with E-state index in [0.29, 0.717) is 23.7 Å². The molecule has 0 aromatic carbocycles. The first kappa shape index (κ1) is 11.9. The number of aromatic amines is 1. The van der Waals surface area contributed by atoms with E-state index in [2.05, 4.69) is 15.5 Å². The van der Waals surface area contributed by atoms with Crippen LogP contribution in [0.3, 0.4) is 0 Å². The molecule has 1 aromatic heterocycles. The fourth-order valence-electron chi connectivity index (χ4n) is 1.07. The summed E-state index contributed by atoms with van der Waals surface area (Å²) >= 11 is 4.97. The van der Waals surface area contributed by atoms with E-state index in [4.69, 9.17) is 17.0 Å². The van der Waals surface area contributed by atoms with Gasteiger partial charge in [0.15, 0.2) is 4.77 Å². The lowest BCUT2D eigenvalue weighted by molar-refractivity contribution is -0.121. The number of aryl methyl sites for hydroxylation is 1. The van der Waals surface area contributed by atoms with Crippen LogP contribution in [0.1, 0.15) is 5.82 Å². The number of carbonyl (C=O) groups excluding carboxylic acids is 1. The Morgan fingerprint density at radius 2 is 2.47 bits per heavy atom. The highest BCUT2D eigenvalue weighted by molar-refractivity contribution is 7.71. The number of nitrogens with zero attached hydrogens (tertiary/aromatic N) is 2. The lowest BCUT2D eigenvalue weighted by Crippen LogP contribution is -2.30. The second-order valence-corrected chi connectivity index (χ2v) is 3.39. The Labute approximate surface area is 92.6 Å². The van der Waals surface area contributed by atoms with Gasteiger partial charge in [0.1, 0.15) is 12.4 Å². The molecule has 0 fully saturated rings. The van der Waals surface area contributed by atoms with Gasteiger partial charge in [-0.05, 0) is 19.1 Å². The summed E-state index contributed by atoms with van der Waals surface area (Å²) in [6, 6.07) is 0. The molecule has 1 rings (SSSR count). The van der Waals surface area contributed by atoms with E-state index in [1.54, 1.807) is 18.6 Å². The summed E-state index contributed by atoms with van der Waals surface area (Å²) in [6.45, 7) is 2.97. The zero-order valence-corrected chi connectivity index (χ0v) is 9.56. The predicted octanol–water partition coefficient (Wildman–Crippen LogP) is 0.0117. The molecule has 15 heavy (non-hydrogen) atoms. The van der Waals surface area contributed by atoms with Crippen LogP contribution in [0.25, 0.3) is 0 Å². The van der Waals surface area contributed by atoms with Gasteiger partial charge in [0.2, 0.25) is 5.91 Å². The van der Waals surface area contributed by atoms with E-state index in [1.165, 1.54) is 0 Å². The summed E-state index contributed by atoms with van der Waals surface area (Å²) in [6.07, 6.45) is 0. The average molecular weight is 230 g/mol. The van der Waals surface area contributed by atoms with Crippen molar-refractivity contribution in [3.05, 3.63) is 10.6 Å². The maximum Gasteiger partial charge on any atom is 0.240 e. The van der Waals surface area contributed by atoms with Gasteiger partial charge in [0.25, 0.3) is 0 Å². The lowest BCUT2D eigenvalue weighted by atomic mass is 10.5. The second-order valence-electron chi connectivity index (χ2n) is 3.00. The van der Waals surface area contributed by atoms with Crippen molar-refractivity contribution in [2.24, 2.45) is 0 Å². The molecule has 1 heterocycles.